The maximum Gasteiger partial charge on any atom is 0.224 e. The van der Waals surface area contributed by atoms with Crippen molar-refractivity contribution in [2.75, 3.05) is 10.6 Å². The van der Waals surface area contributed by atoms with Crippen molar-refractivity contribution < 1.29 is 4.79 Å². The third kappa shape index (κ3) is 4.16. The second-order valence-corrected chi connectivity index (χ2v) is 5.00. The van der Waals surface area contributed by atoms with E-state index in [4.69, 9.17) is 11.6 Å². The molecule has 110 valence electrons. The fourth-order valence-corrected chi connectivity index (χ4v) is 1.98. The maximum absolute atomic E-state index is 11.4. The summed E-state index contributed by atoms with van der Waals surface area (Å²) in [5, 5.41) is 6.66. The standard InChI is InChI=1S/C15H17ClN4O/c1-3-15(21)20-11-4-5-12(16)13(8-11)19-10(2)14-9-17-6-7-18-14/h4-10,19H,3H2,1-2H3,(H,20,21). The van der Waals surface area contributed by atoms with Gasteiger partial charge >= 0.3 is 0 Å². The Hall–Kier alpha value is -2.14. The topological polar surface area (TPSA) is 66.9 Å². The molecule has 1 amide bonds. The van der Waals surface area contributed by atoms with E-state index in [0.29, 0.717) is 17.1 Å². The van der Waals surface area contributed by atoms with E-state index in [-0.39, 0.29) is 11.9 Å². The van der Waals surface area contributed by atoms with Crippen molar-refractivity contribution in [2.45, 2.75) is 26.3 Å². The Balaban J connectivity index is 2.15. The van der Waals surface area contributed by atoms with Gasteiger partial charge in [-0.2, -0.15) is 0 Å². The average molecular weight is 305 g/mol. The molecule has 2 aromatic rings. The number of anilines is 2. The van der Waals surface area contributed by atoms with Crippen LogP contribution in [0.1, 0.15) is 32.0 Å². The number of aromatic nitrogens is 2. The molecule has 0 aliphatic carbocycles. The zero-order valence-electron chi connectivity index (χ0n) is 11.9. The number of nitrogens with one attached hydrogen (secondary N) is 2. The van der Waals surface area contributed by atoms with Crippen LogP contribution < -0.4 is 10.6 Å². The van der Waals surface area contributed by atoms with Crippen LogP contribution in [0.2, 0.25) is 5.02 Å². The van der Waals surface area contributed by atoms with Gasteiger partial charge < -0.3 is 10.6 Å². The molecule has 2 rings (SSSR count). The highest BCUT2D eigenvalue weighted by atomic mass is 35.5. The van der Waals surface area contributed by atoms with E-state index in [1.807, 2.05) is 13.0 Å². The lowest BCUT2D eigenvalue weighted by Gasteiger charge is -2.16. The number of nitrogens with zero attached hydrogens (tertiary/aromatic N) is 2. The number of hydrogen-bond donors (Lipinski definition) is 2. The second-order valence-electron chi connectivity index (χ2n) is 4.59. The van der Waals surface area contributed by atoms with E-state index in [1.165, 1.54) is 0 Å². The predicted octanol–water partition coefficient (Wildman–Crippen LogP) is 3.65. The third-order valence-electron chi connectivity index (χ3n) is 2.97. The molecule has 5 nitrogen and oxygen atoms in total. The van der Waals surface area contributed by atoms with Crippen LogP contribution >= 0.6 is 11.6 Å². The number of carbonyl (C=O) groups excluding carboxylic acids is 1. The Labute approximate surface area is 128 Å². The van der Waals surface area contributed by atoms with Gasteiger partial charge in [0.1, 0.15) is 0 Å². The highest BCUT2D eigenvalue weighted by molar-refractivity contribution is 6.33. The Bertz CT molecular complexity index is 618. The molecule has 0 saturated heterocycles. The quantitative estimate of drug-likeness (QED) is 0.885. The molecule has 0 aliphatic rings. The number of rotatable bonds is 5. The summed E-state index contributed by atoms with van der Waals surface area (Å²) in [5.41, 5.74) is 2.26. The van der Waals surface area contributed by atoms with E-state index in [9.17, 15) is 4.79 Å². The first kappa shape index (κ1) is 15.3. The van der Waals surface area contributed by atoms with Gasteiger partial charge in [0.05, 0.1) is 28.6 Å². The van der Waals surface area contributed by atoms with Gasteiger partial charge in [0.15, 0.2) is 0 Å². The lowest BCUT2D eigenvalue weighted by Crippen LogP contribution is -2.11. The van der Waals surface area contributed by atoms with Gasteiger partial charge in [-0.1, -0.05) is 18.5 Å². The largest absolute Gasteiger partial charge is 0.376 e. The van der Waals surface area contributed by atoms with Crippen LogP contribution in [-0.2, 0) is 4.79 Å². The number of carbonyl (C=O) groups is 1. The fourth-order valence-electron chi connectivity index (χ4n) is 1.80. The highest BCUT2D eigenvalue weighted by Gasteiger charge is 2.10. The zero-order chi connectivity index (χ0) is 15.2. The Morgan fingerprint density at radius 1 is 1.38 bits per heavy atom. The molecule has 1 aromatic heterocycles. The van der Waals surface area contributed by atoms with Crippen molar-refractivity contribution in [2.24, 2.45) is 0 Å². The molecule has 1 atom stereocenters. The number of halogens is 1. The number of hydrogen-bond acceptors (Lipinski definition) is 4. The predicted molar refractivity (Wildman–Crippen MR) is 84.4 cm³/mol. The molecule has 6 heteroatoms. The van der Waals surface area contributed by atoms with Gasteiger partial charge in [0.2, 0.25) is 5.91 Å². The summed E-state index contributed by atoms with van der Waals surface area (Å²) in [6.45, 7) is 3.78. The van der Waals surface area contributed by atoms with Crippen LogP contribution in [0.4, 0.5) is 11.4 Å². The first-order valence-corrected chi connectivity index (χ1v) is 7.09. The van der Waals surface area contributed by atoms with Crippen LogP contribution in [0, 0.1) is 0 Å². The zero-order valence-corrected chi connectivity index (χ0v) is 12.7. The Morgan fingerprint density at radius 2 is 2.19 bits per heavy atom. The SMILES string of the molecule is CCC(=O)Nc1ccc(Cl)c(NC(C)c2cnccn2)c1. The molecule has 1 aromatic carbocycles. The number of benzene rings is 1. The Kier molecular flexibility index (Phi) is 5.11. The van der Waals surface area contributed by atoms with Gasteiger partial charge in [0, 0.05) is 24.5 Å². The van der Waals surface area contributed by atoms with Crippen LogP contribution in [0.5, 0.6) is 0 Å². The number of amides is 1. The monoisotopic (exact) mass is 304 g/mol. The molecular weight excluding hydrogens is 288 g/mol. The van der Waals surface area contributed by atoms with Gasteiger partial charge in [-0.3, -0.25) is 14.8 Å². The third-order valence-corrected chi connectivity index (χ3v) is 3.30. The Morgan fingerprint density at radius 3 is 2.86 bits per heavy atom. The molecule has 1 unspecified atom stereocenters. The average Bonchev–Trinajstić information content (AvgIpc) is 2.51. The second kappa shape index (κ2) is 7.04. The molecule has 0 radical (unpaired) electrons. The fraction of sp³-hybridized carbons (Fsp3) is 0.267. The molecular formula is C15H17ClN4O. The van der Waals surface area contributed by atoms with Gasteiger partial charge in [-0.15, -0.1) is 0 Å². The minimum absolute atomic E-state index is 0.0368. The molecule has 21 heavy (non-hydrogen) atoms. The maximum atomic E-state index is 11.4. The van der Waals surface area contributed by atoms with Gasteiger partial charge in [-0.25, -0.2) is 0 Å². The van der Waals surface area contributed by atoms with Crippen molar-refractivity contribution in [3.8, 4) is 0 Å². The molecule has 1 heterocycles. The minimum atomic E-state index is -0.0478. The smallest absolute Gasteiger partial charge is 0.224 e. The first-order chi connectivity index (χ1) is 10.1. The normalized spacial score (nSPS) is 11.8. The summed E-state index contributed by atoms with van der Waals surface area (Å²) >= 11 is 6.19. The van der Waals surface area contributed by atoms with Crippen LogP contribution in [0.15, 0.2) is 36.8 Å². The minimum Gasteiger partial charge on any atom is -0.376 e. The summed E-state index contributed by atoms with van der Waals surface area (Å²) < 4.78 is 0. The van der Waals surface area contributed by atoms with Crippen molar-refractivity contribution in [3.63, 3.8) is 0 Å². The molecule has 0 bridgehead atoms. The van der Waals surface area contributed by atoms with Crippen LogP contribution in [0.25, 0.3) is 0 Å². The summed E-state index contributed by atoms with van der Waals surface area (Å²) in [5.74, 6) is -0.0368. The molecule has 0 saturated carbocycles. The molecule has 0 spiro atoms. The van der Waals surface area contributed by atoms with E-state index in [0.717, 1.165) is 11.4 Å². The summed E-state index contributed by atoms with van der Waals surface area (Å²) in [7, 11) is 0. The van der Waals surface area contributed by atoms with Crippen molar-refractivity contribution >= 4 is 28.9 Å². The van der Waals surface area contributed by atoms with E-state index in [1.54, 1.807) is 37.6 Å². The van der Waals surface area contributed by atoms with E-state index in [2.05, 4.69) is 20.6 Å². The summed E-state index contributed by atoms with van der Waals surface area (Å²) in [6, 6.07) is 5.28. The molecule has 0 aliphatic heterocycles. The van der Waals surface area contributed by atoms with Crippen molar-refractivity contribution in [1.29, 1.82) is 0 Å². The van der Waals surface area contributed by atoms with Crippen molar-refractivity contribution in [1.82, 2.24) is 9.97 Å². The molecule has 0 fully saturated rings. The van der Waals surface area contributed by atoms with E-state index >= 15 is 0 Å². The van der Waals surface area contributed by atoms with E-state index < -0.39 is 0 Å². The first-order valence-electron chi connectivity index (χ1n) is 6.72. The van der Waals surface area contributed by atoms with Gasteiger partial charge in [0.25, 0.3) is 0 Å². The van der Waals surface area contributed by atoms with Crippen LogP contribution in [-0.4, -0.2) is 15.9 Å². The lowest BCUT2D eigenvalue weighted by molar-refractivity contribution is -0.115. The van der Waals surface area contributed by atoms with Crippen LogP contribution in [0.3, 0.4) is 0 Å². The summed E-state index contributed by atoms with van der Waals surface area (Å²) in [4.78, 5) is 19.7. The van der Waals surface area contributed by atoms with Gasteiger partial charge in [-0.05, 0) is 25.1 Å². The molecule has 2 N–H and O–H groups in total. The lowest BCUT2D eigenvalue weighted by atomic mass is 10.2. The van der Waals surface area contributed by atoms with Crippen molar-refractivity contribution in [3.05, 3.63) is 47.5 Å². The summed E-state index contributed by atoms with van der Waals surface area (Å²) in [6.07, 6.45) is 5.41. The highest BCUT2D eigenvalue weighted by Crippen LogP contribution is 2.28.